The zero-order valence-corrected chi connectivity index (χ0v) is 14.8. The molecule has 12 heteroatoms. The van der Waals surface area contributed by atoms with Crippen LogP contribution in [-0.4, -0.2) is 27.1 Å². The molecule has 0 unspecified atom stereocenters. The number of hydrogen-bond donors (Lipinski definition) is 2. The Kier molecular flexibility index (Phi) is 5.49. The minimum absolute atomic E-state index is 0.0478. The van der Waals surface area contributed by atoms with Crippen molar-refractivity contribution in [2.75, 3.05) is 0 Å². The molecule has 152 valence electrons. The van der Waals surface area contributed by atoms with Crippen LogP contribution in [0.4, 0.5) is 15.8 Å². The largest absolute Gasteiger partial charge is 0.507 e. The van der Waals surface area contributed by atoms with E-state index in [0.29, 0.717) is 0 Å². The van der Waals surface area contributed by atoms with Crippen molar-refractivity contribution in [3.8, 4) is 17.1 Å². The summed E-state index contributed by atoms with van der Waals surface area (Å²) in [6, 6.07) is 8.74. The third-order valence-electron chi connectivity index (χ3n) is 3.84. The van der Waals surface area contributed by atoms with Gasteiger partial charge in [0, 0.05) is 12.1 Å². The molecular weight excluding hydrogens is 403 g/mol. The number of nitro groups is 2. The molecule has 0 aliphatic rings. The lowest BCUT2D eigenvalue weighted by molar-refractivity contribution is -0.384. The highest BCUT2D eigenvalue weighted by Gasteiger charge is 2.19. The van der Waals surface area contributed by atoms with E-state index in [4.69, 9.17) is 4.42 Å². The van der Waals surface area contributed by atoms with Crippen LogP contribution in [0.1, 0.15) is 16.1 Å². The number of carbonyl (C=O) groups is 1. The Balaban J connectivity index is 1.76. The minimum Gasteiger partial charge on any atom is -0.507 e. The molecule has 0 fully saturated rings. The monoisotopic (exact) mass is 414 g/mol. The van der Waals surface area contributed by atoms with Gasteiger partial charge in [-0.1, -0.05) is 0 Å². The minimum atomic E-state index is -0.909. The third-order valence-corrected chi connectivity index (χ3v) is 3.84. The van der Waals surface area contributed by atoms with Crippen LogP contribution >= 0.6 is 0 Å². The van der Waals surface area contributed by atoms with E-state index in [9.17, 15) is 34.5 Å². The summed E-state index contributed by atoms with van der Waals surface area (Å²) < 4.78 is 18.7. The Hall–Kier alpha value is -4.61. The van der Waals surface area contributed by atoms with Gasteiger partial charge in [-0.2, -0.15) is 5.10 Å². The average molecular weight is 414 g/mol. The highest BCUT2D eigenvalue weighted by molar-refractivity contribution is 5.97. The van der Waals surface area contributed by atoms with E-state index >= 15 is 0 Å². The topological polar surface area (TPSA) is 161 Å². The van der Waals surface area contributed by atoms with Gasteiger partial charge in [-0.15, -0.1) is 0 Å². The smallest absolute Gasteiger partial charge is 0.283 e. The molecule has 0 radical (unpaired) electrons. The van der Waals surface area contributed by atoms with Gasteiger partial charge >= 0.3 is 0 Å². The van der Waals surface area contributed by atoms with Gasteiger partial charge in [0.2, 0.25) is 0 Å². The number of furan rings is 1. The number of carbonyl (C=O) groups excluding carboxylic acids is 1. The molecule has 3 aromatic rings. The molecular formula is C18H11FN4O7. The number of nitrogens with zero attached hydrogens (tertiary/aromatic N) is 3. The fourth-order valence-electron chi connectivity index (χ4n) is 2.47. The molecule has 2 aromatic carbocycles. The predicted octanol–water partition coefficient (Wildman–Crippen LogP) is 3.37. The summed E-state index contributed by atoms with van der Waals surface area (Å²) in [6.45, 7) is 0. The summed E-state index contributed by atoms with van der Waals surface area (Å²) in [5.41, 5.74) is 0.886. The van der Waals surface area contributed by atoms with Gasteiger partial charge in [-0.25, -0.2) is 9.82 Å². The summed E-state index contributed by atoms with van der Waals surface area (Å²) in [7, 11) is 0. The van der Waals surface area contributed by atoms with Crippen molar-refractivity contribution in [2.24, 2.45) is 5.10 Å². The molecule has 0 spiro atoms. The Labute approximate surface area is 166 Å². The number of amides is 1. The van der Waals surface area contributed by atoms with Crippen molar-refractivity contribution in [1.82, 2.24) is 5.43 Å². The van der Waals surface area contributed by atoms with Gasteiger partial charge in [0.15, 0.2) is 0 Å². The zero-order valence-electron chi connectivity index (χ0n) is 14.8. The van der Waals surface area contributed by atoms with Crippen LogP contribution in [0.15, 0.2) is 58.0 Å². The van der Waals surface area contributed by atoms with Gasteiger partial charge in [-0.3, -0.25) is 25.0 Å². The van der Waals surface area contributed by atoms with Crippen LogP contribution in [0.3, 0.4) is 0 Å². The summed E-state index contributed by atoms with van der Waals surface area (Å²) in [5.74, 6) is -1.98. The highest BCUT2D eigenvalue weighted by Crippen LogP contribution is 2.31. The number of halogens is 1. The van der Waals surface area contributed by atoms with Crippen LogP contribution in [-0.2, 0) is 0 Å². The number of phenols is 1. The number of non-ortho nitro benzene ring substituents is 1. The first-order chi connectivity index (χ1) is 14.3. The highest BCUT2D eigenvalue weighted by atomic mass is 19.1. The third kappa shape index (κ3) is 4.27. The molecule has 0 aliphatic heterocycles. The maximum Gasteiger partial charge on any atom is 0.283 e. The lowest BCUT2D eigenvalue weighted by atomic mass is 10.1. The van der Waals surface area contributed by atoms with Gasteiger partial charge in [-0.05, 0) is 30.3 Å². The van der Waals surface area contributed by atoms with E-state index in [2.05, 4.69) is 10.5 Å². The molecule has 30 heavy (non-hydrogen) atoms. The molecule has 2 N–H and O–H groups in total. The van der Waals surface area contributed by atoms with Gasteiger partial charge in [0.25, 0.3) is 17.3 Å². The van der Waals surface area contributed by atoms with E-state index in [-0.39, 0.29) is 22.6 Å². The fraction of sp³-hybridized carbons (Fsp3) is 0. The lowest BCUT2D eigenvalue weighted by Gasteiger charge is -2.02. The number of phenolic OH excluding ortho intramolecular Hbond substituents is 1. The molecule has 3 rings (SSSR count). The number of hydrazone groups is 1. The lowest BCUT2D eigenvalue weighted by Crippen LogP contribution is -2.17. The van der Waals surface area contributed by atoms with Crippen molar-refractivity contribution in [1.29, 1.82) is 0 Å². The first-order valence-corrected chi connectivity index (χ1v) is 8.11. The summed E-state index contributed by atoms with van der Waals surface area (Å²) in [6.07, 6.45) is 1.07. The second kappa shape index (κ2) is 8.18. The normalized spacial score (nSPS) is 10.8. The Bertz CT molecular complexity index is 1190. The van der Waals surface area contributed by atoms with Crippen LogP contribution in [0.25, 0.3) is 11.3 Å². The first kappa shape index (κ1) is 20.1. The predicted molar refractivity (Wildman–Crippen MR) is 101 cm³/mol. The number of benzene rings is 2. The van der Waals surface area contributed by atoms with E-state index in [1.807, 2.05) is 0 Å². The van der Waals surface area contributed by atoms with E-state index in [1.165, 1.54) is 18.2 Å². The van der Waals surface area contributed by atoms with Gasteiger partial charge in [0.05, 0.1) is 33.3 Å². The van der Waals surface area contributed by atoms with Gasteiger partial charge < -0.3 is 9.52 Å². The van der Waals surface area contributed by atoms with Crippen molar-refractivity contribution < 1.29 is 28.6 Å². The quantitative estimate of drug-likeness (QED) is 0.355. The first-order valence-electron chi connectivity index (χ1n) is 8.11. The molecule has 0 saturated heterocycles. The second-order valence-electron chi connectivity index (χ2n) is 5.78. The van der Waals surface area contributed by atoms with Crippen LogP contribution in [0.2, 0.25) is 0 Å². The van der Waals surface area contributed by atoms with Crippen LogP contribution in [0.5, 0.6) is 5.75 Å². The maximum absolute atomic E-state index is 13.3. The molecule has 0 atom stereocenters. The average Bonchev–Trinajstić information content (AvgIpc) is 3.16. The maximum atomic E-state index is 13.3. The van der Waals surface area contributed by atoms with E-state index < -0.39 is 38.7 Å². The molecule has 11 nitrogen and oxygen atoms in total. The summed E-state index contributed by atoms with van der Waals surface area (Å²) in [5, 5.41) is 35.2. The zero-order chi connectivity index (χ0) is 21.8. The van der Waals surface area contributed by atoms with Crippen LogP contribution < -0.4 is 5.43 Å². The Morgan fingerprint density at radius 2 is 1.87 bits per heavy atom. The number of nitro benzene ring substituents is 2. The standard InChI is InChI=1S/C18H11FN4O7/c19-10-1-4-13(15(7-10)23(28)29)17-6-3-12(30-17)9-20-21-18(25)14-8-11(22(26)27)2-5-16(14)24/h1-9,24H,(H,21,25)/b20-9-. The number of hydrogen-bond acceptors (Lipinski definition) is 8. The number of nitrogens with one attached hydrogen (secondary N) is 1. The van der Waals surface area contributed by atoms with Crippen molar-refractivity contribution in [3.63, 3.8) is 0 Å². The van der Waals surface area contributed by atoms with Crippen molar-refractivity contribution in [3.05, 3.63) is 85.9 Å². The fourth-order valence-corrected chi connectivity index (χ4v) is 2.47. The molecule has 0 aliphatic carbocycles. The van der Waals surface area contributed by atoms with Crippen molar-refractivity contribution >= 4 is 23.5 Å². The SMILES string of the molecule is O=C(N/N=C\c1ccc(-c2ccc(F)cc2[N+](=O)[O-])o1)c1cc([N+](=O)[O-])ccc1O. The Morgan fingerprint density at radius 1 is 1.10 bits per heavy atom. The Morgan fingerprint density at radius 3 is 2.57 bits per heavy atom. The molecule has 1 heterocycles. The molecule has 0 bridgehead atoms. The van der Waals surface area contributed by atoms with E-state index in [0.717, 1.165) is 36.5 Å². The summed E-state index contributed by atoms with van der Waals surface area (Å²) >= 11 is 0. The number of aromatic hydroxyl groups is 1. The molecule has 1 amide bonds. The number of rotatable bonds is 6. The second-order valence-corrected chi connectivity index (χ2v) is 5.78. The molecule has 1 aromatic heterocycles. The van der Waals surface area contributed by atoms with Gasteiger partial charge in [0.1, 0.15) is 23.1 Å². The molecule has 0 saturated carbocycles. The van der Waals surface area contributed by atoms with Crippen LogP contribution in [0, 0.1) is 26.0 Å². The van der Waals surface area contributed by atoms with E-state index in [1.54, 1.807) is 0 Å². The van der Waals surface area contributed by atoms with Crippen molar-refractivity contribution in [2.45, 2.75) is 0 Å². The summed E-state index contributed by atoms with van der Waals surface area (Å²) in [4.78, 5) is 32.5.